The number of rotatable bonds is 3. The van der Waals surface area contributed by atoms with Crippen LogP contribution in [-0.2, 0) is 0 Å². The number of piperidine rings is 1. The molecule has 1 fully saturated rings. The van der Waals surface area contributed by atoms with Gasteiger partial charge in [0.05, 0.1) is 11.2 Å². The van der Waals surface area contributed by atoms with Crippen molar-refractivity contribution < 1.29 is 0 Å². The number of nitrogens with zero attached hydrogens (tertiary/aromatic N) is 5. The van der Waals surface area contributed by atoms with Gasteiger partial charge in [0, 0.05) is 37.6 Å². The van der Waals surface area contributed by atoms with E-state index in [4.69, 9.17) is 15.7 Å². The van der Waals surface area contributed by atoms with E-state index in [9.17, 15) is 0 Å². The van der Waals surface area contributed by atoms with Crippen molar-refractivity contribution in [3.63, 3.8) is 0 Å². The topological polar surface area (TPSA) is 92.9 Å². The molecule has 1 aromatic carbocycles. The van der Waals surface area contributed by atoms with Crippen LogP contribution in [-0.4, -0.2) is 40.1 Å². The fourth-order valence-electron chi connectivity index (χ4n) is 3.41. The predicted molar refractivity (Wildman–Crippen MR) is 99.7 cm³/mol. The van der Waals surface area contributed by atoms with Crippen LogP contribution >= 0.6 is 0 Å². The quantitative estimate of drug-likeness (QED) is 0.759. The Morgan fingerprint density at radius 2 is 2.04 bits per heavy atom. The first-order chi connectivity index (χ1) is 12.2. The normalized spacial score (nSPS) is 17.6. The highest BCUT2D eigenvalue weighted by molar-refractivity contribution is 5.89. The van der Waals surface area contributed by atoms with Gasteiger partial charge in [-0.1, -0.05) is 12.1 Å². The lowest BCUT2D eigenvalue weighted by molar-refractivity contribution is 0.495. The highest BCUT2D eigenvalue weighted by Crippen LogP contribution is 2.30. The zero-order valence-corrected chi connectivity index (χ0v) is 14.2. The Morgan fingerprint density at radius 1 is 1.16 bits per heavy atom. The van der Waals surface area contributed by atoms with Crippen molar-refractivity contribution in [1.29, 1.82) is 0 Å². The minimum absolute atomic E-state index is 0.312. The Bertz CT molecular complexity index is 895. The molecule has 0 bridgehead atoms. The Morgan fingerprint density at radius 3 is 2.88 bits per heavy atom. The maximum atomic E-state index is 5.74. The van der Waals surface area contributed by atoms with Gasteiger partial charge in [0.15, 0.2) is 0 Å². The third-order valence-corrected chi connectivity index (χ3v) is 4.65. The van der Waals surface area contributed by atoms with Gasteiger partial charge in [0.2, 0.25) is 11.9 Å². The second-order valence-corrected chi connectivity index (χ2v) is 6.26. The molecule has 0 radical (unpaired) electrons. The van der Waals surface area contributed by atoms with Gasteiger partial charge in [-0.25, -0.2) is 15.0 Å². The number of fused-ring (bicyclic) bond motifs is 1. The Hall–Kier alpha value is -2.96. The second kappa shape index (κ2) is 6.51. The number of aromatic nitrogens is 4. The minimum atomic E-state index is 0.312. The standard InChI is InChI=1S/C18H21N7/c1-20-16-13-6-2-3-7-15(13)23-18(24-16)25-10-4-5-12(11-25)14-8-9-21-17(19)22-14/h2-3,6-9,12H,4-5,10-11H2,1H3,(H2,19,21,22)(H,20,23,24). The lowest BCUT2D eigenvalue weighted by Gasteiger charge is -2.32. The number of nitrogens with two attached hydrogens (primary N) is 1. The van der Waals surface area contributed by atoms with Gasteiger partial charge in [0.1, 0.15) is 5.82 Å². The summed E-state index contributed by atoms with van der Waals surface area (Å²) in [6.07, 6.45) is 3.88. The number of anilines is 3. The lowest BCUT2D eigenvalue weighted by atomic mass is 9.95. The highest BCUT2D eigenvalue weighted by atomic mass is 15.3. The SMILES string of the molecule is CNc1nc(N2CCCC(c3ccnc(N)n3)C2)nc2ccccc12. The molecule has 1 aliphatic heterocycles. The molecule has 25 heavy (non-hydrogen) atoms. The molecule has 0 saturated carbocycles. The molecular weight excluding hydrogens is 314 g/mol. The summed E-state index contributed by atoms with van der Waals surface area (Å²) in [7, 11) is 1.89. The van der Waals surface area contributed by atoms with Gasteiger partial charge in [-0.05, 0) is 31.0 Å². The van der Waals surface area contributed by atoms with Gasteiger partial charge in [0.25, 0.3) is 0 Å². The number of hydrogen-bond donors (Lipinski definition) is 2. The zero-order valence-electron chi connectivity index (χ0n) is 14.2. The number of benzene rings is 1. The average molecular weight is 335 g/mol. The summed E-state index contributed by atoms with van der Waals surface area (Å²) < 4.78 is 0. The van der Waals surface area contributed by atoms with Gasteiger partial charge >= 0.3 is 0 Å². The highest BCUT2D eigenvalue weighted by Gasteiger charge is 2.25. The summed E-state index contributed by atoms with van der Waals surface area (Å²) in [5.74, 6) is 2.25. The molecule has 7 heteroatoms. The summed E-state index contributed by atoms with van der Waals surface area (Å²) in [6.45, 7) is 1.77. The van der Waals surface area contributed by atoms with Crippen LogP contribution < -0.4 is 16.0 Å². The number of hydrogen-bond acceptors (Lipinski definition) is 7. The van der Waals surface area contributed by atoms with Crippen LogP contribution in [0.4, 0.5) is 17.7 Å². The largest absolute Gasteiger partial charge is 0.372 e. The van der Waals surface area contributed by atoms with Crippen LogP contribution in [0, 0.1) is 0 Å². The molecule has 0 aliphatic carbocycles. The zero-order chi connectivity index (χ0) is 17.2. The summed E-state index contributed by atoms with van der Waals surface area (Å²) in [4.78, 5) is 20.1. The number of para-hydroxylation sites is 1. The van der Waals surface area contributed by atoms with Crippen LogP contribution in [0.15, 0.2) is 36.5 Å². The molecule has 1 atom stereocenters. The van der Waals surface area contributed by atoms with Crippen molar-refractivity contribution in [3.8, 4) is 0 Å². The Balaban J connectivity index is 1.66. The molecule has 1 saturated heterocycles. The molecule has 0 spiro atoms. The van der Waals surface area contributed by atoms with Crippen LogP contribution in [0.2, 0.25) is 0 Å². The van der Waals surface area contributed by atoms with Crippen molar-refractivity contribution >= 4 is 28.6 Å². The molecule has 2 aromatic heterocycles. The van der Waals surface area contributed by atoms with E-state index in [2.05, 4.69) is 20.2 Å². The fourth-order valence-corrected chi connectivity index (χ4v) is 3.41. The summed E-state index contributed by atoms with van der Waals surface area (Å²) in [5, 5.41) is 4.22. The second-order valence-electron chi connectivity index (χ2n) is 6.26. The van der Waals surface area contributed by atoms with Gasteiger partial charge in [-0.3, -0.25) is 0 Å². The fraction of sp³-hybridized carbons (Fsp3) is 0.333. The molecule has 0 amide bonds. The van der Waals surface area contributed by atoms with E-state index >= 15 is 0 Å². The van der Waals surface area contributed by atoms with Crippen LogP contribution in [0.3, 0.4) is 0 Å². The monoisotopic (exact) mass is 335 g/mol. The number of nitrogen functional groups attached to an aromatic ring is 1. The summed E-state index contributed by atoms with van der Waals surface area (Å²) in [6, 6.07) is 10.0. The van der Waals surface area contributed by atoms with Crippen LogP contribution in [0.1, 0.15) is 24.5 Å². The van der Waals surface area contributed by atoms with Gasteiger partial charge < -0.3 is 16.0 Å². The first-order valence-electron chi connectivity index (χ1n) is 8.52. The van der Waals surface area contributed by atoms with Crippen molar-refractivity contribution in [3.05, 3.63) is 42.2 Å². The minimum Gasteiger partial charge on any atom is -0.372 e. The van der Waals surface area contributed by atoms with E-state index in [1.54, 1.807) is 6.20 Å². The van der Waals surface area contributed by atoms with Crippen LogP contribution in [0.5, 0.6) is 0 Å². The molecule has 4 rings (SSSR count). The maximum Gasteiger partial charge on any atom is 0.227 e. The number of nitrogens with one attached hydrogen (secondary N) is 1. The molecule has 7 nitrogen and oxygen atoms in total. The van der Waals surface area contributed by atoms with Gasteiger partial charge in [-0.2, -0.15) is 4.98 Å². The first kappa shape index (κ1) is 15.6. The predicted octanol–water partition coefficient (Wildman–Crippen LogP) is 2.43. The first-order valence-corrected chi connectivity index (χ1v) is 8.52. The van der Waals surface area contributed by atoms with Crippen molar-refractivity contribution in [2.45, 2.75) is 18.8 Å². The molecule has 1 unspecified atom stereocenters. The Labute approximate surface area is 146 Å². The van der Waals surface area contributed by atoms with E-state index in [1.807, 2.05) is 37.4 Å². The van der Waals surface area contributed by atoms with E-state index in [1.165, 1.54) is 0 Å². The van der Waals surface area contributed by atoms with Crippen LogP contribution in [0.25, 0.3) is 10.9 Å². The molecule has 3 N–H and O–H groups in total. The van der Waals surface area contributed by atoms with E-state index in [0.717, 1.165) is 54.3 Å². The van der Waals surface area contributed by atoms with E-state index in [-0.39, 0.29) is 0 Å². The van der Waals surface area contributed by atoms with Crippen molar-refractivity contribution in [2.24, 2.45) is 0 Å². The molecular formula is C18H21N7. The molecule has 3 aromatic rings. The van der Waals surface area contributed by atoms with Crippen molar-refractivity contribution in [2.75, 3.05) is 36.1 Å². The van der Waals surface area contributed by atoms with Crippen molar-refractivity contribution in [1.82, 2.24) is 19.9 Å². The smallest absolute Gasteiger partial charge is 0.227 e. The van der Waals surface area contributed by atoms with E-state index in [0.29, 0.717) is 11.9 Å². The molecule has 1 aliphatic rings. The summed E-state index contributed by atoms with van der Waals surface area (Å²) >= 11 is 0. The lowest BCUT2D eigenvalue weighted by Crippen LogP contribution is -2.36. The molecule has 3 heterocycles. The van der Waals surface area contributed by atoms with E-state index < -0.39 is 0 Å². The molecule has 128 valence electrons. The third-order valence-electron chi connectivity index (χ3n) is 4.65. The summed E-state index contributed by atoms with van der Waals surface area (Å²) in [5.41, 5.74) is 7.68. The Kier molecular flexibility index (Phi) is 4.05. The maximum absolute atomic E-state index is 5.74. The third kappa shape index (κ3) is 3.05. The van der Waals surface area contributed by atoms with Gasteiger partial charge in [-0.15, -0.1) is 0 Å². The average Bonchev–Trinajstić information content (AvgIpc) is 2.67.